The first kappa shape index (κ1) is 19.8. The van der Waals surface area contributed by atoms with Crippen LogP contribution in [0.2, 0.25) is 0 Å². The van der Waals surface area contributed by atoms with Crippen LogP contribution in [0.4, 0.5) is 5.69 Å². The normalized spacial score (nSPS) is 19.7. The van der Waals surface area contributed by atoms with Crippen LogP contribution in [0.15, 0.2) is 59.5 Å². The van der Waals surface area contributed by atoms with E-state index < -0.39 is 10.0 Å². The summed E-state index contributed by atoms with van der Waals surface area (Å²) in [6, 6.07) is 15.1. The van der Waals surface area contributed by atoms with Gasteiger partial charge in [0.2, 0.25) is 15.9 Å². The number of rotatable bonds is 4. The van der Waals surface area contributed by atoms with E-state index in [1.165, 1.54) is 17.2 Å². The predicted molar refractivity (Wildman–Crippen MR) is 114 cm³/mol. The molecule has 0 aliphatic carbocycles. The van der Waals surface area contributed by atoms with Crippen molar-refractivity contribution in [1.82, 2.24) is 4.90 Å². The summed E-state index contributed by atoms with van der Waals surface area (Å²) >= 11 is 0. The quantitative estimate of drug-likeness (QED) is 0.837. The van der Waals surface area contributed by atoms with Crippen LogP contribution in [0.5, 0.6) is 0 Å². The van der Waals surface area contributed by atoms with Crippen molar-refractivity contribution in [2.45, 2.75) is 30.7 Å². The van der Waals surface area contributed by atoms with Gasteiger partial charge < -0.3 is 4.90 Å². The topological polar surface area (TPSA) is 83.7 Å². The van der Waals surface area contributed by atoms with Crippen LogP contribution in [-0.2, 0) is 21.2 Å². The van der Waals surface area contributed by atoms with Crippen molar-refractivity contribution in [2.24, 2.45) is 5.14 Å². The maximum absolute atomic E-state index is 13.0. The van der Waals surface area contributed by atoms with Gasteiger partial charge in [0.1, 0.15) is 0 Å². The molecule has 2 aromatic carbocycles. The molecule has 1 atom stereocenters. The summed E-state index contributed by atoms with van der Waals surface area (Å²) in [5.41, 5.74) is 4.20. The van der Waals surface area contributed by atoms with Crippen LogP contribution < -0.4 is 10.0 Å². The lowest BCUT2D eigenvalue weighted by atomic mass is 9.99. The summed E-state index contributed by atoms with van der Waals surface area (Å²) in [6.45, 7) is 3.92. The SMILES string of the molecule is CC1Cc2cc(S(N)(=O)=O)ccc2N1C(=O)CN1CC=C(c2ccccc2)CC1. The van der Waals surface area contributed by atoms with Gasteiger partial charge in [-0.3, -0.25) is 9.69 Å². The van der Waals surface area contributed by atoms with E-state index >= 15 is 0 Å². The van der Waals surface area contributed by atoms with Crippen LogP contribution in [-0.4, -0.2) is 44.9 Å². The van der Waals surface area contributed by atoms with Crippen molar-refractivity contribution in [3.8, 4) is 0 Å². The number of sulfonamides is 1. The minimum Gasteiger partial charge on any atom is -0.308 e. The van der Waals surface area contributed by atoms with E-state index in [1.54, 1.807) is 17.0 Å². The Morgan fingerprint density at radius 1 is 1.17 bits per heavy atom. The molecule has 2 aliphatic heterocycles. The number of benzene rings is 2. The summed E-state index contributed by atoms with van der Waals surface area (Å²) in [5, 5.41) is 5.24. The Kier molecular flexibility index (Phi) is 5.29. The van der Waals surface area contributed by atoms with E-state index in [1.807, 2.05) is 25.1 Å². The van der Waals surface area contributed by atoms with Gasteiger partial charge in [0.25, 0.3) is 0 Å². The molecule has 0 radical (unpaired) electrons. The fraction of sp³-hybridized carbons (Fsp3) is 0.318. The van der Waals surface area contributed by atoms with Gasteiger partial charge in [-0.05, 0) is 54.7 Å². The minimum absolute atomic E-state index is 0.00607. The molecule has 0 saturated heterocycles. The van der Waals surface area contributed by atoms with E-state index in [0.29, 0.717) is 13.0 Å². The molecule has 1 amide bonds. The summed E-state index contributed by atoms with van der Waals surface area (Å²) in [6.07, 6.45) is 3.75. The van der Waals surface area contributed by atoms with Gasteiger partial charge in [-0.15, -0.1) is 0 Å². The smallest absolute Gasteiger partial charge is 0.241 e. The van der Waals surface area contributed by atoms with Crippen LogP contribution in [0.25, 0.3) is 5.57 Å². The first-order valence-corrected chi connectivity index (χ1v) is 11.3. The molecule has 7 heteroatoms. The number of amides is 1. The van der Waals surface area contributed by atoms with Crippen molar-refractivity contribution >= 4 is 27.2 Å². The highest BCUT2D eigenvalue weighted by molar-refractivity contribution is 7.89. The Bertz CT molecular complexity index is 1060. The number of nitrogens with zero attached hydrogens (tertiary/aromatic N) is 2. The van der Waals surface area contributed by atoms with Crippen molar-refractivity contribution < 1.29 is 13.2 Å². The average molecular weight is 412 g/mol. The molecule has 29 heavy (non-hydrogen) atoms. The van der Waals surface area contributed by atoms with Crippen LogP contribution >= 0.6 is 0 Å². The van der Waals surface area contributed by atoms with Crippen LogP contribution in [0.3, 0.4) is 0 Å². The maximum atomic E-state index is 13.0. The average Bonchev–Trinajstić information content (AvgIpc) is 3.03. The summed E-state index contributed by atoms with van der Waals surface area (Å²) in [5.74, 6) is 0.0381. The van der Waals surface area contributed by atoms with Crippen molar-refractivity contribution in [2.75, 3.05) is 24.5 Å². The number of nitrogens with two attached hydrogens (primary N) is 1. The van der Waals surface area contributed by atoms with Gasteiger partial charge in [0.15, 0.2) is 0 Å². The number of primary sulfonamides is 1. The number of fused-ring (bicyclic) bond motifs is 1. The second-order valence-corrected chi connectivity index (χ2v) is 9.29. The zero-order valence-corrected chi connectivity index (χ0v) is 17.2. The lowest BCUT2D eigenvalue weighted by Gasteiger charge is -2.29. The zero-order chi connectivity index (χ0) is 20.6. The first-order valence-electron chi connectivity index (χ1n) is 9.77. The molecule has 1 unspecified atom stereocenters. The molecule has 152 valence electrons. The van der Waals surface area contributed by atoms with Gasteiger partial charge >= 0.3 is 0 Å². The third-order valence-electron chi connectivity index (χ3n) is 5.66. The van der Waals surface area contributed by atoms with Gasteiger partial charge in [0.05, 0.1) is 11.4 Å². The molecule has 0 spiro atoms. The largest absolute Gasteiger partial charge is 0.308 e. The summed E-state index contributed by atoms with van der Waals surface area (Å²) < 4.78 is 23.2. The standard InChI is InChI=1S/C22H25N3O3S/c1-16-13-19-14-20(29(23,27)28)7-8-21(19)25(16)22(26)15-24-11-9-18(10-12-24)17-5-3-2-4-6-17/h2-9,14,16H,10-13,15H2,1H3,(H2,23,27,28). The number of carbonyl (C=O) groups excluding carboxylic acids is 1. The van der Waals surface area contributed by atoms with Gasteiger partial charge in [-0.1, -0.05) is 36.4 Å². The Hall–Kier alpha value is -2.48. The molecule has 0 saturated carbocycles. The second kappa shape index (κ2) is 7.74. The summed E-state index contributed by atoms with van der Waals surface area (Å²) in [7, 11) is -3.75. The highest BCUT2D eigenvalue weighted by Crippen LogP contribution is 2.34. The molecule has 2 N–H and O–H groups in total. The predicted octanol–water partition coefficient (Wildman–Crippen LogP) is 2.40. The minimum atomic E-state index is -3.75. The van der Waals surface area contributed by atoms with E-state index in [9.17, 15) is 13.2 Å². The third kappa shape index (κ3) is 4.12. The van der Waals surface area contributed by atoms with Crippen LogP contribution in [0.1, 0.15) is 24.5 Å². The van der Waals surface area contributed by atoms with E-state index in [4.69, 9.17) is 5.14 Å². The lowest BCUT2D eigenvalue weighted by Crippen LogP contribution is -2.44. The molecular formula is C22H25N3O3S. The van der Waals surface area contributed by atoms with Gasteiger partial charge in [-0.25, -0.2) is 13.6 Å². The fourth-order valence-corrected chi connectivity index (χ4v) is 4.77. The van der Waals surface area contributed by atoms with E-state index in [-0.39, 0.29) is 16.8 Å². The van der Waals surface area contributed by atoms with Crippen molar-refractivity contribution in [1.29, 1.82) is 0 Å². The first-order chi connectivity index (χ1) is 13.8. The second-order valence-electron chi connectivity index (χ2n) is 7.73. The molecule has 2 aliphatic rings. The fourth-order valence-electron chi connectivity index (χ4n) is 4.20. The molecule has 2 aromatic rings. The van der Waals surface area contributed by atoms with Gasteiger partial charge in [-0.2, -0.15) is 0 Å². The Balaban J connectivity index is 1.46. The zero-order valence-electron chi connectivity index (χ0n) is 16.4. The molecule has 4 rings (SSSR count). The molecule has 2 heterocycles. The molecule has 0 fully saturated rings. The van der Waals surface area contributed by atoms with Crippen molar-refractivity contribution in [3.63, 3.8) is 0 Å². The third-order valence-corrected chi connectivity index (χ3v) is 6.57. The van der Waals surface area contributed by atoms with Crippen LogP contribution in [0, 0.1) is 0 Å². The molecule has 0 bridgehead atoms. The number of hydrogen-bond acceptors (Lipinski definition) is 4. The summed E-state index contributed by atoms with van der Waals surface area (Å²) in [4.78, 5) is 17.1. The molecular weight excluding hydrogens is 386 g/mol. The Morgan fingerprint density at radius 2 is 1.93 bits per heavy atom. The van der Waals surface area contributed by atoms with E-state index in [2.05, 4.69) is 23.1 Å². The number of hydrogen-bond donors (Lipinski definition) is 1. The Morgan fingerprint density at radius 3 is 2.59 bits per heavy atom. The number of carbonyl (C=O) groups is 1. The maximum Gasteiger partial charge on any atom is 0.241 e. The number of anilines is 1. The Labute approximate surface area is 171 Å². The van der Waals surface area contributed by atoms with E-state index in [0.717, 1.165) is 30.8 Å². The molecule has 6 nitrogen and oxygen atoms in total. The molecule has 0 aromatic heterocycles. The highest BCUT2D eigenvalue weighted by Gasteiger charge is 2.32. The van der Waals surface area contributed by atoms with Gasteiger partial charge in [0, 0.05) is 24.8 Å². The van der Waals surface area contributed by atoms with Crippen molar-refractivity contribution in [3.05, 3.63) is 65.7 Å². The highest BCUT2D eigenvalue weighted by atomic mass is 32.2. The lowest BCUT2D eigenvalue weighted by molar-refractivity contribution is -0.119. The monoisotopic (exact) mass is 411 g/mol.